The molecule has 1 aliphatic rings. The molecule has 5 heteroatoms. The molecule has 2 rings (SSSR count). The first-order valence-electron chi connectivity index (χ1n) is 6.22. The summed E-state index contributed by atoms with van der Waals surface area (Å²) in [7, 11) is 0. The van der Waals surface area contributed by atoms with Crippen molar-refractivity contribution < 1.29 is 14.1 Å². The highest BCUT2D eigenvalue weighted by atomic mass is 19.1. The molecule has 98 valence electrons. The van der Waals surface area contributed by atoms with Crippen molar-refractivity contribution in [3.8, 4) is 0 Å². The minimum atomic E-state index is -0.779. The lowest BCUT2D eigenvalue weighted by Gasteiger charge is -2.22. The van der Waals surface area contributed by atoms with Crippen molar-refractivity contribution >= 4 is 5.69 Å². The van der Waals surface area contributed by atoms with Crippen molar-refractivity contribution in [1.82, 2.24) is 0 Å². The molecule has 0 atom stereocenters. The lowest BCUT2D eigenvalue weighted by Crippen LogP contribution is -2.16. The average Bonchev–Trinajstić information content (AvgIpc) is 2.38. The molecule has 0 unspecified atom stereocenters. The van der Waals surface area contributed by atoms with Gasteiger partial charge in [0.1, 0.15) is 0 Å². The van der Waals surface area contributed by atoms with Gasteiger partial charge in [-0.2, -0.15) is 4.39 Å². The second-order valence-electron chi connectivity index (χ2n) is 4.58. The zero-order valence-corrected chi connectivity index (χ0v) is 10.1. The molecule has 0 bridgehead atoms. The Balaban J connectivity index is 2.00. The molecular weight excluding hydrogens is 237 g/mol. The van der Waals surface area contributed by atoms with Crippen molar-refractivity contribution in [2.45, 2.75) is 44.8 Å². The molecule has 1 saturated carbocycles. The third kappa shape index (κ3) is 3.04. The predicted octanol–water partition coefficient (Wildman–Crippen LogP) is 3.58. The minimum Gasteiger partial charge on any atom is -0.373 e. The number of nitro benzene ring substituents is 1. The van der Waals surface area contributed by atoms with Crippen LogP contribution in [-0.4, -0.2) is 11.0 Å². The first-order valence-corrected chi connectivity index (χ1v) is 6.22. The molecule has 0 N–H and O–H groups in total. The summed E-state index contributed by atoms with van der Waals surface area (Å²) >= 11 is 0. The van der Waals surface area contributed by atoms with E-state index in [4.69, 9.17) is 4.74 Å². The topological polar surface area (TPSA) is 52.4 Å². The van der Waals surface area contributed by atoms with Gasteiger partial charge in [-0.1, -0.05) is 31.4 Å². The monoisotopic (exact) mass is 253 g/mol. The normalized spacial score (nSPS) is 16.7. The van der Waals surface area contributed by atoms with E-state index in [2.05, 4.69) is 0 Å². The van der Waals surface area contributed by atoms with Gasteiger partial charge in [-0.3, -0.25) is 10.1 Å². The Hall–Kier alpha value is -1.49. The lowest BCUT2D eigenvalue weighted by atomic mass is 9.98. The molecule has 0 aliphatic heterocycles. The van der Waals surface area contributed by atoms with Gasteiger partial charge in [0.15, 0.2) is 0 Å². The SMILES string of the molecule is O=[N+]([O-])c1cccc(COC2CCCCC2)c1F. The fourth-order valence-corrected chi connectivity index (χ4v) is 2.26. The highest BCUT2D eigenvalue weighted by molar-refractivity contribution is 5.36. The van der Waals surface area contributed by atoms with E-state index in [1.807, 2.05) is 0 Å². The van der Waals surface area contributed by atoms with E-state index in [9.17, 15) is 14.5 Å². The van der Waals surface area contributed by atoms with E-state index < -0.39 is 16.4 Å². The molecule has 1 fully saturated rings. The summed E-state index contributed by atoms with van der Waals surface area (Å²) in [4.78, 5) is 9.90. The number of nitrogens with zero attached hydrogens (tertiary/aromatic N) is 1. The summed E-state index contributed by atoms with van der Waals surface area (Å²) in [6, 6.07) is 4.19. The Bertz CT molecular complexity index is 430. The van der Waals surface area contributed by atoms with Crippen molar-refractivity contribution in [2.75, 3.05) is 0 Å². The fraction of sp³-hybridized carbons (Fsp3) is 0.538. The summed E-state index contributed by atoms with van der Waals surface area (Å²) in [6.45, 7) is 0.109. The maximum absolute atomic E-state index is 13.8. The fourth-order valence-electron chi connectivity index (χ4n) is 2.26. The maximum Gasteiger partial charge on any atom is 0.305 e. The molecule has 1 aromatic rings. The molecule has 0 saturated heterocycles. The van der Waals surface area contributed by atoms with E-state index in [1.165, 1.54) is 24.6 Å². The van der Waals surface area contributed by atoms with Crippen molar-refractivity contribution in [3.05, 3.63) is 39.7 Å². The van der Waals surface area contributed by atoms with Gasteiger partial charge in [-0.15, -0.1) is 0 Å². The highest BCUT2D eigenvalue weighted by Crippen LogP contribution is 2.24. The largest absolute Gasteiger partial charge is 0.373 e. The molecule has 0 heterocycles. The zero-order valence-electron chi connectivity index (χ0n) is 10.1. The minimum absolute atomic E-state index is 0.109. The number of hydrogen-bond donors (Lipinski definition) is 0. The Morgan fingerprint density at radius 3 is 2.72 bits per heavy atom. The van der Waals surface area contributed by atoms with E-state index in [0.29, 0.717) is 0 Å². The number of ether oxygens (including phenoxy) is 1. The molecule has 0 aromatic heterocycles. The van der Waals surface area contributed by atoms with Crippen LogP contribution in [0.1, 0.15) is 37.7 Å². The summed E-state index contributed by atoms with van der Waals surface area (Å²) in [5.74, 6) is -0.779. The Morgan fingerprint density at radius 1 is 1.33 bits per heavy atom. The number of hydrogen-bond acceptors (Lipinski definition) is 3. The van der Waals surface area contributed by atoms with Gasteiger partial charge in [-0.05, 0) is 12.8 Å². The average molecular weight is 253 g/mol. The van der Waals surface area contributed by atoms with Gasteiger partial charge in [0.2, 0.25) is 5.82 Å². The van der Waals surface area contributed by atoms with Gasteiger partial charge >= 0.3 is 5.69 Å². The first-order chi connectivity index (χ1) is 8.68. The second kappa shape index (κ2) is 5.91. The quantitative estimate of drug-likeness (QED) is 0.608. The number of nitro groups is 1. The van der Waals surface area contributed by atoms with E-state index in [0.717, 1.165) is 25.7 Å². The van der Waals surface area contributed by atoms with Crippen LogP contribution in [0, 0.1) is 15.9 Å². The molecule has 0 spiro atoms. The predicted molar refractivity (Wildman–Crippen MR) is 64.7 cm³/mol. The highest BCUT2D eigenvalue weighted by Gasteiger charge is 2.19. The van der Waals surface area contributed by atoms with E-state index in [1.54, 1.807) is 0 Å². The smallest absolute Gasteiger partial charge is 0.305 e. The lowest BCUT2D eigenvalue weighted by molar-refractivity contribution is -0.387. The third-order valence-electron chi connectivity index (χ3n) is 3.28. The molecular formula is C13H16FNO3. The van der Waals surface area contributed by atoms with E-state index in [-0.39, 0.29) is 18.3 Å². The molecule has 0 amide bonds. The first kappa shape index (κ1) is 13.0. The van der Waals surface area contributed by atoms with Gasteiger partial charge in [-0.25, -0.2) is 0 Å². The van der Waals surface area contributed by atoms with Crippen LogP contribution in [0.15, 0.2) is 18.2 Å². The van der Waals surface area contributed by atoms with Gasteiger partial charge in [0.05, 0.1) is 17.6 Å². The Morgan fingerprint density at radius 2 is 2.06 bits per heavy atom. The molecule has 0 radical (unpaired) electrons. The Kier molecular flexibility index (Phi) is 4.25. The van der Waals surface area contributed by atoms with Gasteiger partial charge < -0.3 is 4.74 Å². The summed E-state index contributed by atoms with van der Waals surface area (Å²) < 4.78 is 19.4. The van der Waals surface area contributed by atoms with E-state index >= 15 is 0 Å². The second-order valence-corrected chi connectivity index (χ2v) is 4.58. The molecule has 1 aromatic carbocycles. The van der Waals surface area contributed by atoms with Crippen molar-refractivity contribution in [1.29, 1.82) is 0 Å². The van der Waals surface area contributed by atoms with Gasteiger partial charge in [0.25, 0.3) is 0 Å². The number of rotatable bonds is 4. The van der Waals surface area contributed by atoms with Crippen LogP contribution in [0.2, 0.25) is 0 Å². The van der Waals surface area contributed by atoms with Crippen LogP contribution in [0.4, 0.5) is 10.1 Å². The summed E-state index contributed by atoms with van der Waals surface area (Å²) in [6.07, 6.45) is 5.67. The van der Waals surface area contributed by atoms with Crippen LogP contribution in [-0.2, 0) is 11.3 Å². The van der Waals surface area contributed by atoms with Crippen LogP contribution in [0.3, 0.4) is 0 Å². The molecule has 18 heavy (non-hydrogen) atoms. The molecule has 1 aliphatic carbocycles. The standard InChI is InChI=1S/C13H16FNO3/c14-13-10(5-4-8-12(13)15(16)17)9-18-11-6-2-1-3-7-11/h4-5,8,11H,1-3,6-7,9H2. The summed E-state index contributed by atoms with van der Waals surface area (Å²) in [5, 5.41) is 10.6. The maximum atomic E-state index is 13.8. The third-order valence-corrected chi connectivity index (χ3v) is 3.28. The molecule has 4 nitrogen and oxygen atoms in total. The zero-order chi connectivity index (χ0) is 13.0. The van der Waals surface area contributed by atoms with Crippen LogP contribution in [0.25, 0.3) is 0 Å². The van der Waals surface area contributed by atoms with Crippen molar-refractivity contribution in [2.24, 2.45) is 0 Å². The van der Waals surface area contributed by atoms with Crippen LogP contribution < -0.4 is 0 Å². The number of halogens is 1. The number of benzene rings is 1. The van der Waals surface area contributed by atoms with Crippen LogP contribution in [0.5, 0.6) is 0 Å². The van der Waals surface area contributed by atoms with Crippen molar-refractivity contribution in [3.63, 3.8) is 0 Å². The van der Waals surface area contributed by atoms with Gasteiger partial charge in [0, 0.05) is 11.6 Å². The summed E-state index contributed by atoms with van der Waals surface area (Å²) in [5.41, 5.74) is -0.227. The Labute approximate surface area is 105 Å². The van der Waals surface area contributed by atoms with Crippen LogP contribution >= 0.6 is 0 Å².